The zero-order valence-corrected chi connectivity index (χ0v) is 31.8. The van der Waals surface area contributed by atoms with Gasteiger partial charge in [0, 0.05) is 66.4 Å². The van der Waals surface area contributed by atoms with Crippen LogP contribution in [0, 0.1) is 10.1 Å². The lowest BCUT2D eigenvalue weighted by Crippen LogP contribution is -2.46. The Labute approximate surface area is 317 Å². The molecule has 1 saturated heterocycles. The number of anilines is 2. The maximum atomic E-state index is 13.2. The number of nitro benzene ring substituents is 1. The van der Waals surface area contributed by atoms with Crippen LogP contribution in [0.15, 0.2) is 118 Å². The first-order chi connectivity index (χ1) is 24.9. The van der Waals surface area contributed by atoms with Gasteiger partial charge in [0.25, 0.3) is 21.6 Å². The van der Waals surface area contributed by atoms with Gasteiger partial charge in [0.15, 0.2) is 0 Å². The third-order valence-electron chi connectivity index (χ3n) is 8.66. The number of hydrogen-bond donors (Lipinski definition) is 2. The van der Waals surface area contributed by atoms with Crippen molar-refractivity contribution in [1.29, 1.82) is 0 Å². The molecule has 14 heteroatoms. The summed E-state index contributed by atoms with van der Waals surface area (Å²) in [5, 5.41) is 17.9. The number of rotatable bonds is 13. The largest absolute Gasteiger partial charge is 0.374 e. The topological polar surface area (TPSA) is 125 Å². The highest BCUT2D eigenvalue weighted by molar-refractivity contribution is 8.01. The lowest BCUT2D eigenvalue weighted by atomic mass is 9.99. The maximum Gasteiger partial charge on any atom is 0.293 e. The van der Waals surface area contributed by atoms with Crippen molar-refractivity contribution in [3.05, 3.63) is 135 Å². The fourth-order valence-corrected chi connectivity index (χ4v) is 9.00. The lowest BCUT2D eigenvalue weighted by Gasteiger charge is -2.36. The normalized spacial score (nSPS) is 13.9. The number of nitrogens with zero attached hydrogens (tertiary/aromatic N) is 3. The van der Waals surface area contributed by atoms with E-state index in [1.165, 1.54) is 17.7 Å². The molecule has 0 radical (unpaired) electrons. The van der Waals surface area contributed by atoms with Crippen molar-refractivity contribution in [2.45, 2.75) is 35.0 Å². The average molecular weight is 776 g/mol. The molecule has 52 heavy (non-hydrogen) atoms. The van der Waals surface area contributed by atoms with Gasteiger partial charge >= 0.3 is 0 Å². The second-order valence-electron chi connectivity index (χ2n) is 13.1. The van der Waals surface area contributed by atoms with E-state index >= 15 is 0 Å². The standard InChI is InChI=1S/C38H38ClN5O5S3/c1-38(2,26-51-36-9-6-22-50-36)40-34-17-15-32(24-35(34)44(46)47)52(48,49)41-37(45)28-10-13-31(14-11-28)43-20-18-42(19-21-43)25-29-23-30(39)12-16-33(29)27-7-4-3-5-8-27/h3-17,22-24,40H,18-21,25-26H2,1-2H3,(H,41,45). The minimum Gasteiger partial charge on any atom is -0.374 e. The number of carbonyl (C=O) groups is 1. The molecule has 6 rings (SSSR count). The highest BCUT2D eigenvalue weighted by atomic mass is 35.5. The predicted molar refractivity (Wildman–Crippen MR) is 211 cm³/mol. The first kappa shape index (κ1) is 37.4. The Bertz CT molecular complexity index is 2140. The molecule has 2 N–H and O–H groups in total. The van der Waals surface area contributed by atoms with E-state index in [4.69, 9.17) is 11.6 Å². The summed E-state index contributed by atoms with van der Waals surface area (Å²) in [4.78, 5) is 28.6. The van der Waals surface area contributed by atoms with Gasteiger partial charge in [-0.3, -0.25) is 19.8 Å². The first-order valence-electron chi connectivity index (χ1n) is 16.6. The van der Waals surface area contributed by atoms with E-state index in [2.05, 4.69) is 38.0 Å². The van der Waals surface area contributed by atoms with Gasteiger partial charge in [-0.2, -0.15) is 0 Å². The predicted octanol–water partition coefficient (Wildman–Crippen LogP) is 8.40. The summed E-state index contributed by atoms with van der Waals surface area (Å²) in [5.74, 6) is -0.209. The van der Waals surface area contributed by atoms with Crippen LogP contribution in [0.5, 0.6) is 0 Å². The molecule has 10 nitrogen and oxygen atoms in total. The Hall–Kier alpha value is -4.40. The van der Waals surface area contributed by atoms with Gasteiger partial charge in [-0.05, 0) is 90.5 Å². The Morgan fingerprint density at radius 1 is 0.942 bits per heavy atom. The third-order valence-corrected chi connectivity index (χ3v) is 12.8. The summed E-state index contributed by atoms with van der Waals surface area (Å²) >= 11 is 9.61. The number of benzene rings is 4. The van der Waals surface area contributed by atoms with E-state index in [9.17, 15) is 23.3 Å². The van der Waals surface area contributed by atoms with E-state index in [0.717, 1.165) is 59.8 Å². The summed E-state index contributed by atoms with van der Waals surface area (Å²) in [6.45, 7) is 7.79. The maximum absolute atomic E-state index is 13.2. The molecule has 270 valence electrons. The summed E-state index contributed by atoms with van der Waals surface area (Å²) in [6.07, 6.45) is 0. The van der Waals surface area contributed by atoms with Gasteiger partial charge in [0.2, 0.25) is 0 Å². The molecule has 1 aliphatic heterocycles. The monoisotopic (exact) mass is 775 g/mol. The number of sulfonamides is 1. The number of thiophene rings is 1. The molecule has 1 fully saturated rings. The molecule has 0 aliphatic carbocycles. The number of carbonyl (C=O) groups excluding carboxylic acids is 1. The van der Waals surface area contributed by atoms with Gasteiger partial charge in [0.1, 0.15) is 5.69 Å². The summed E-state index contributed by atoms with van der Waals surface area (Å²) in [5.41, 5.74) is 3.79. The molecule has 0 atom stereocenters. The van der Waals surface area contributed by atoms with E-state index in [0.29, 0.717) is 10.8 Å². The average Bonchev–Trinajstić information content (AvgIpc) is 3.66. The highest BCUT2D eigenvalue weighted by Gasteiger charge is 2.27. The van der Waals surface area contributed by atoms with Crippen molar-refractivity contribution in [3.8, 4) is 11.1 Å². The zero-order valence-electron chi connectivity index (χ0n) is 28.6. The molecule has 1 amide bonds. The number of piperazine rings is 1. The van der Waals surface area contributed by atoms with Crippen LogP contribution < -0.4 is 14.9 Å². The zero-order chi connectivity index (χ0) is 36.9. The fourth-order valence-electron chi connectivity index (χ4n) is 5.99. The van der Waals surface area contributed by atoms with Crippen molar-refractivity contribution < 1.29 is 18.1 Å². The van der Waals surface area contributed by atoms with Crippen molar-refractivity contribution in [2.75, 3.05) is 42.1 Å². The molecular weight excluding hydrogens is 738 g/mol. The van der Waals surface area contributed by atoms with Crippen molar-refractivity contribution >= 4 is 67.7 Å². The number of thioether (sulfide) groups is 1. The first-order valence-corrected chi connectivity index (χ1v) is 20.3. The van der Waals surface area contributed by atoms with Crippen LogP contribution in [0.4, 0.5) is 17.1 Å². The quantitative estimate of drug-likeness (QED) is 0.0689. The van der Waals surface area contributed by atoms with Crippen LogP contribution in [0.2, 0.25) is 5.02 Å². The summed E-state index contributed by atoms with van der Waals surface area (Å²) in [7, 11) is -4.41. The smallest absolute Gasteiger partial charge is 0.293 e. The molecule has 1 aromatic heterocycles. The van der Waals surface area contributed by atoms with Crippen molar-refractivity contribution in [1.82, 2.24) is 9.62 Å². The molecule has 5 aromatic rings. The number of hydrogen-bond acceptors (Lipinski definition) is 10. The SMILES string of the molecule is CC(C)(CSc1cccs1)Nc1ccc(S(=O)(=O)NC(=O)c2ccc(N3CCN(Cc4cc(Cl)ccc4-c4ccccc4)CC3)cc2)cc1[N+](=O)[O-]. The lowest BCUT2D eigenvalue weighted by molar-refractivity contribution is -0.384. The number of halogens is 1. The van der Waals surface area contributed by atoms with Crippen LogP contribution in [-0.2, 0) is 16.6 Å². The Morgan fingerprint density at radius 3 is 2.35 bits per heavy atom. The third kappa shape index (κ3) is 9.33. The number of amides is 1. The van der Waals surface area contributed by atoms with E-state index < -0.39 is 32.1 Å². The van der Waals surface area contributed by atoms with Crippen LogP contribution >= 0.6 is 34.7 Å². The number of nitrogens with one attached hydrogen (secondary N) is 2. The van der Waals surface area contributed by atoms with Crippen molar-refractivity contribution in [2.24, 2.45) is 0 Å². The van der Waals surface area contributed by atoms with Gasteiger partial charge < -0.3 is 10.2 Å². The molecule has 2 heterocycles. The van der Waals surface area contributed by atoms with E-state index in [1.54, 1.807) is 47.4 Å². The van der Waals surface area contributed by atoms with Crippen molar-refractivity contribution in [3.63, 3.8) is 0 Å². The summed E-state index contributed by atoms with van der Waals surface area (Å²) in [6, 6.07) is 30.6. The molecule has 0 saturated carbocycles. The van der Waals surface area contributed by atoms with Gasteiger partial charge in [-0.15, -0.1) is 23.1 Å². The molecule has 4 aromatic carbocycles. The molecule has 0 unspecified atom stereocenters. The van der Waals surface area contributed by atoms with Gasteiger partial charge in [0.05, 0.1) is 14.0 Å². The fraction of sp³-hybridized carbons (Fsp3) is 0.237. The minimum absolute atomic E-state index is 0.151. The Morgan fingerprint density at radius 2 is 1.67 bits per heavy atom. The van der Waals surface area contributed by atoms with Gasteiger partial charge in [-0.1, -0.05) is 54.1 Å². The Kier molecular flexibility index (Phi) is 11.6. The highest BCUT2D eigenvalue weighted by Crippen LogP contribution is 2.33. The second-order valence-corrected chi connectivity index (χ2v) is 17.4. The second kappa shape index (κ2) is 16.1. The van der Waals surface area contributed by atoms with E-state index in [1.807, 2.05) is 61.7 Å². The Balaban J connectivity index is 1.06. The van der Waals surface area contributed by atoms with Crippen LogP contribution in [-0.4, -0.2) is 61.6 Å². The van der Waals surface area contributed by atoms with Crippen LogP contribution in [0.25, 0.3) is 11.1 Å². The molecule has 0 spiro atoms. The minimum atomic E-state index is -4.41. The van der Waals surface area contributed by atoms with E-state index in [-0.39, 0.29) is 16.1 Å². The van der Waals surface area contributed by atoms with Crippen LogP contribution in [0.1, 0.15) is 29.8 Å². The molecule has 0 bridgehead atoms. The van der Waals surface area contributed by atoms with Gasteiger partial charge in [-0.25, -0.2) is 13.1 Å². The number of nitro groups is 1. The molecule has 1 aliphatic rings. The molecular formula is C38H38ClN5O5S3. The van der Waals surface area contributed by atoms with Crippen LogP contribution in [0.3, 0.4) is 0 Å². The summed E-state index contributed by atoms with van der Waals surface area (Å²) < 4.78 is 29.6.